The van der Waals surface area contributed by atoms with E-state index in [0.717, 1.165) is 11.1 Å². The molecule has 0 fully saturated rings. The van der Waals surface area contributed by atoms with Crippen molar-refractivity contribution in [3.8, 4) is 5.75 Å². The average molecular weight is 366 g/mol. The minimum atomic E-state index is -0.676. The summed E-state index contributed by atoms with van der Waals surface area (Å²) in [5, 5.41) is 3.56. The summed E-state index contributed by atoms with van der Waals surface area (Å²) in [5.74, 6) is 0.287. The quantitative estimate of drug-likeness (QED) is 0.666. The number of amides is 1. The van der Waals surface area contributed by atoms with Gasteiger partial charge in [-0.25, -0.2) is 0 Å². The van der Waals surface area contributed by atoms with Gasteiger partial charge in [0.25, 0.3) is 5.91 Å². The van der Waals surface area contributed by atoms with Crippen molar-refractivity contribution in [3.05, 3.63) is 101 Å². The molecule has 3 aromatic rings. The molecule has 0 saturated carbocycles. The van der Waals surface area contributed by atoms with Gasteiger partial charge in [0.1, 0.15) is 5.75 Å². The monoisotopic (exact) mass is 365 g/mol. The lowest BCUT2D eigenvalue weighted by Gasteiger charge is -2.23. The van der Waals surface area contributed by atoms with E-state index >= 15 is 0 Å². The van der Waals surface area contributed by atoms with Crippen molar-refractivity contribution in [2.45, 2.75) is 19.1 Å². The lowest BCUT2D eigenvalue weighted by molar-refractivity contribution is -0.127. The second-order valence-electron chi connectivity index (χ2n) is 5.95. The molecule has 3 rings (SSSR count). The summed E-state index contributed by atoms with van der Waals surface area (Å²) >= 11 is 6.11. The fraction of sp³-hybridized carbons (Fsp3) is 0.136. The lowest BCUT2D eigenvalue weighted by atomic mass is 9.98. The molecule has 0 aromatic heterocycles. The smallest absolute Gasteiger partial charge is 0.261 e. The Balaban J connectivity index is 1.78. The Labute approximate surface area is 158 Å². The highest BCUT2D eigenvalue weighted by Gasteiger charge is 2.22. The van der Waals surface area contributed by atoms with Crippen LogP contribution in [0.25, 0.3) is 0 Å². The standard InChI is InChI=1S/C22H20ClNO2/c1-16(26-20-15-9-8-14-19(20)23)22(25)24-21(17-10-4-2-5-11-17)18-12-6-3-7-13-18/h2-16,21H,1H3,(H,24,25)/t16-/m0/s1. The highest BCUT2D eigenvalue weighted by molar-refractivity contribution is 6.32. The van der Waals surface area contributed by atoms with E-state index in [1.54, 1.807) is 19.1 Å². The molecule has 1 N–H and O–H groups in total. The molecule has 0 unspecified atom stereocenters. The molecular formula is C22H20ClNO2. The van der Waals surface area contributed by atoms with Crippen molar-refractivity contribution >= 4 is 17.5 Å². The summed E-state index contributed by atoms with van der Waals surface area (Å²) in [6.07, 6.45) is -0.676. The Morgan fingerprint density at radius 1 is 0.846 bits per heavy atom. The van der Waals surface area contributed by atoms with Crippen molar-refractivity contribution in [3.63, 3.8) is 0 Å². The first-order valence-electron chi connectivity index (χ1n) is 8.46. The molecule has 0 aliphatic heterocycles. The Kier molecular flexibility index (Phi) is 5.92. The largest absolute Gasteiger partial charge is 0.479 e. The maximum absolute atomic E-state index is 12.7. The molecule has 0 bridgehead atoms. The van der Waals surface area contributed by atoms with Gasteiger partial charge in [-0.1, -0.05) is 84.4 Å². The van der Waals surface area contributed by atoms with E-state index in [1.165, 1.54) is 0 Å². The summed E-state index contributed by atoms with van der Waals surface area (Å²) < 4.78 is 5.74. The normalized spacial score (nSPS) is 11.8. The third-order valence-corrected chi connectivity index (χ3v) is 4.37. The molecule has 0 saturated heterocycles. The minimum Gasteiger partial charge on any atom is -0.479 e. The van der Waals surface area contributed by atoms with Crippen molar-refractivity contribution in [2.24, 2.45) is 0 Å². The molecule has 0 heterocycles. The first-order chi connectivity index (χ1) is 12.6. The summed E-state index contributed by atoms with van der Waals surface area (Å²) in [5.41, 5.74) is 2.02. The molecule has 0 aliphatic rings. The van der Waals surface area contributed by atoms with Crippen molar-refractivity contribution < 1.29 is 9.53 Å². The number of rotatable bonds is 6. The Hall–Kier alpha value is -2.78. The van der Waals surface area contributed by atoms with Gasteiger partial charge in [0.15, 0.2) is 6.10 Å². The van der Waals surface area contributed by atoms with Gasteiger partial charge in [0.2, 0.25) is 0 Å². The molecule has 26 heavy (non-hydrogen) atoms. The highest BCUT2D eigenvalue weighted by Crippen LogP contribution is 2.25. The summed E-state index contributed by atoms with van der Waals surface area (Å²) in [4.78, 5) is 12.7. The fourth-order valence-corrected chi connectivity index (χ4v) is 2.87. The van der Waals surface area contributed by atoms with Crippen LogP contribution in [0, 0.1) is 0 Å². The van der Waals surface area contributed by atoms with Crippen LogP contribution in [0.15, 0.2) is 84.9 Å². The Bertz CT molecular complexity index is 813. The van der Waals surface area contributed by atoms with E-state index in [2.05, 4.69) is 5.32 Å². The van der Waals surface area contributed by atoms with E-state index in [4.69, 9.17) is 16.3 Å². The summed E-state index contributed by atoms with van der Waals surface area (Å²) in [6, 6.07) is 26.6. The van der Waals surface area contributed by atoms with Gasteiger partial charge in [0, 0.05) is 0 Å². The van der Waals surface area contributed by atoms with Gasteiger partial charge in [-0.3, -0.25) is 4.79 Å². The maximum Gasteiger partial charge on any atom is 0.261 e. The van der Waals surface area contributed by atoms with Crippen molar-refractivity contribution in [1.82, 2.24) is 5.32 Å². The van der Waals surface area contributed by atoms with E-state index < -0.39 is 6.10 Å². The maximum atomic E-state index is 12.7. The van der Waals surface area contributed by atoms with Crippen LogP contribution in [0.1, 0.15) is 24.1 Å². The topological polar surface area (TPSA) is 38.3 Å². The van der Waals surface area contributed by atoms with Gasteiger partial charge in [-0.15, -0.1) is 0 Å². The summed E-state index contributed by atoms with van der Waals surface area (Å²) in [7, 11) is 0. The number of nitrogens with one attached hydrogen (secondary N) is 1. The molecule has 0 radical (unpaired) electrons. The fourth-order valence-electron chi connectivity index (χ4n) is 2.69. The molecule has 132 valence electrons. The predicted octanol–water partition coefficient (Wildman–Crippen LogP) is 5.01. The van der Waals surface area contributed by atoms with Crippen LogP contribution >= 0.6 is 11.6 Å². The Morgan fingerprint density at radius 2 is 1.35 bits per heavy atom. The summed E-state index contributed by atoms with van der Waals surface area (Å²) in [6.45, 7) is 1.71. The molecule has 3 nitrogen and oxygen atoms in total. The second kappa shape index (κ2) is 8.54. The zero-order valence-corrected chi connectivity index (χ0v) is 15.2. The number of halogens is 1. The van der Waals surface area contributed by atoms with Gasteiger partial charge < -0.3 is 10.1 Å². The number of hydrogen-bond acceptors (Lipinski definition) is 2. The Morgan fingerprint density at radius 3 is 1.88 bits per heavy atom. The number of para-hydroxylation sites is 1. The third kappa shape index (κ3) is 4.44. The first kappa shape index (κ1) is 18.0. The number of hydrogen-bond donors (Lipinski definition) is 1. The number of benzene rings is 3. The molecular weight excluding hydrogens is 346 g/mol. The van der Waals surface area contributed by atoms with Gasteiger partial charge >= 0.3 is 0 Å². The highest BCUT2D eigenvalue weighted by atomic mass is 35.5. The third-order valence-electron chi connectivity index (χ3n) is 4.06. The number of carbonyl (C=O) groups is 1. The van der Waals surface area contributed by atoms with Crippen LogP contribution in [-0.2, 0) is 4.79 Å². The van der Waals surface area contributed by atoms with Crippen LogP contribution in [0.2, 0.25) is 5.02 Å². The van der Waals surface area contributed by atoms with Crippen molar-refractivity contribution in [2.75, 3.05) is 0 Å². The van der Waals surface area contributed by atoms with Gasteiger partial charge in [-0.05, 0) is 30.2 Å². The SMILES string of the molecule is C[C@H](Oc1ccccc1Cl)C(=O)NC(c1ccccc1)c1ccccc1. The van der Waals surface area contributed by atoms with E-state index in [0.29, 0.717) is 10.8 Å². The van der Waals surface area contributed by atoms with Crippen LogP contribution in [0.5, 0.6) is 5.75 Å². The number of carbonyl (C=O) groups excluding carboxylic acids is 1. The zero-order chi connectivity index (χ0) is 18.4. The number of ether oxygens (including phenoxy) is 1. The van der Waals surface area contributed by atoms with E-state index in [9.17, 15) is 4.79 Å². The second-order valence-corrected chi connectivity index (χ2v) is 6.36. The van der Waals surface area contributed by atoms with Crippen molar-refractivity contribution in [1.29, 1.82) is 0 Å². The van der Waals surface area contributed by atoms with Gasteiger partial charge in [-0.2, -0.15) is 0 Å². The van der Waals surface area contributed by atoms with Crippen LogP contribution in [0.4, 0.5) is 0 Å². The molecule has 0 spiro atoms. The molecule has 1 atom stereocenters. The first-order valence-corrected chi connectivity index (χ1v) is 8.84. The molecule has 3 aromatic carbocycles. The minimum absolute atomic E-state index is 0.206. The van der Waals surface area contributed by atoms with Crippen LogP contribution < -0.4 is 10.1 Å². The van der Waals surface area contributed by atoms with Crippen LogP contribution in [0.3, 0.4) is 0 Å². The molecule has 0 aliphatic carbocycles. The van der Waals surface area contributed by atoms with E-state index in [1.807, 2.05) is 72.8 Å². The van der Waals surface area contributed by atoms with Gasteiger partial charge in [0.05, 0.1) is 11.1 Å². The zero-order valence-electron chi connectivity index (χ0n) is 14.4. The average Bonchev–Trinajstić information content (AvgIpc) is 2.69. The molecule has 1 amide bonds. The predicted molar refractivity (Wildman–Crippen MR) is 104 cm³/mol. The van der Waals surface area contributed by atoms with E-state index in [-0.39, 0.29) is 11.9 Å². The lowest BCUT2D eigenvalue weighted by Crippen LogP contribution is -2.39. The van der Waals surface area contributed by atoms with Crippen LogP contribution in [-0.4, -0.2) is 12.0 Å². The molecule has 4 heteroatoms.